The fraction of sp³-hybridized carbons (Fsp3) is 0.278. The largest absolute Gasteiger partial charge is 0.322 e. The lowest BCUT2D eigenvalue weighted by Crippen LogP contribution is -2.34. The van der Waals surface area contributed by atoms with Crippen molar-refractivity contribution in [1.82, 2.24) is 4.90 Å². The number of urea groups is 1. The highest BCUT2D eigenvalue weighted by atomic mass is 35.5. The number of anilines is 1. The van der Waals surface area contributed by atoms with Crippen LogP contribution in [0.25, 0.3) is 0 Å². The minimum absolute atomic E-state index is 0.0171. The molecule has 2 amide bonds. The van der Waals surface area contributed by atoms with Crippen LogP contribution in [0.4, 0.5) is 14.9 Å². The maximum atomic E-state index is 13.1. The summed E-state index contributed by atoms with van der Waals surface area (Å²) in [6.45, 7) is 2.60. The van der Waals surface area contributed by atoms with Crippen LogP contribution in [0.1, 0.15) is 30.0 Å². The standard InChI is InChI=1S/C18H18ClFN2O/c1-12-4-9-15(11-16(12)19)21-18(23)22-10-2-3-17(22)13-5-7-14(20)8-6-13/h4-9,11,17H,2-3,10H2,1H3,(H,21,23). The van der Waals surface area contributed by atoms with E-state index < -0.39 is 0 Å². The van der Waals surface area contributed by atoms with E-state index in [9.17, 15) is 9.18 Å². The summed E-state index contributed by atoms with van der Waals surface area (Å²) in [6, 6.07) is 11.6. The number of nitrogens with zero attached hydrogens (tertiary/aromatic N) is 1. The molecule has 5 heteroatoms. The van der Waals surface area contributed by atoms with Crippen LogP contribution >= 0.6 is 11.6 Å². The first kappa shape index (κ1) is 15.8. The topological polar surface area (TPSA) is 32.3 Å². The molecule has 1 aliphatic rings. The first-order chi connectivity index (χ1) is 11.0. The van der Waals surface area contributed by atoms with Gasteiger partial charge in [0, 0.05) is 17.3 Å². The highest BCUT2D eigenvalue weighted by Crippen LogP contribution is 2.32. The Balaban J connectivity index is 1.75. The number of amides is 2. The van der Waals surface area contributed by atoms with Crippen LogP contribution in [0.2, 0.25) is 5.02 Å². The number of carbonyl (C=O) groups excluding carboxylic acids is 1. The van der Waals surface area contributed by atoms with Crippen LogP contribution in [0, 0.1) is 12.7 Å². The highest BCUT2D eigenvalue weighted by molar-refractivity contribution is 6.31. The predicted octanol–water partition coefficient (Wildman–Crippen LogP) is 5.16. The molecule has 1 unspecified atom stereocenters. The lowest BCUT2D eigenvalue weighted by molar-refractivity contribution is 0.207. The normalized spacial score (nSPS) is 17.3. The number of nitrogens with one attached hydrogen (secondary N) is 1. The van der Waals surface area contributed by atoms with E-state index >= 15 is 0 Å². The van der Waals surface area contributed by atoms with Gasteiger partial charge in [-0.3, -0.25) is 0 Å². The first-order valence-corrected chi connectivity index (χ1v) is 8.01. The first-order valence-electron chi connectivity index (χ1n) is 7.64. The lowest BCUT2D eigenvalue weighted by atomic mass is 10.0. The van der Waals surface area contributed by atoms with Gasteiger partial charge < -0.3 is 10.2 Å². The summed E-state index contributed by atoms with van der Waals surface area (Å²) in [6.07, 6.45) is 1.82. The van der Waals surface area contributed by atoms with E-state index in [2.05, 4.69) is 5.32 Å². The summed E-state index contributed by atoms with van der Waals surface area (Å²) < 4.78 is 13.1. The zero-order chi connectivity index (χ0) is 16.4. The summed E-state index contributed by atoms with van der Waals surface area (Å²) in [4.78, 5) is 14.4. The van der Waals surface area contributed by atoms with Crippen molar-refractivity contribution in [3.8, 4) is 0 Å². The second-order valence-corrected chi connectivity index (χ2v) is 6.20. The monoisotopic (exact) mass is 332 g/mol. The number of halogens is 2. The molecule has 1 fully saturated rings. The molecule has 1 aliphatic heterocycles. The van der Waals surface area contributed by atoms with Crippen molar-refractivity contribution in [2.45, 2.75) is 25.8 Å². The molecule has 120 valence electrons. The minimum atomic E-state index is -0.267. The van der Waals surface area contributed by atoms with Crippen LogP contribution in [0.5, 0.6) is 0 Å². The molecule has 1 heterocycles. The number of hydrogen-bond acceptors (Lipinski definition) is 1. The second kappa shape index (κ2) is 6.59. The Bertz CT molecular complexity index is 717. The van der Waals surface area contributed by atoms with E-state index in [1.165, 1.54) is 12.1 Å². The maximum absolute atomic E-state index is 13.1. The molecule has 0 spiro atoms. The summed E-state index contributed by atoms with van der Waals surface area (Å²) in [5.41, 5.74) is 2.60. The molecular weight excluding hydrogens is 315 g/mol. The molecule has 2 aromatic carbocycles. The van der Waals surface area contributed by atoms with Gasteiger partial charge in [-0.05, 0) is 55.2 Å². The number of aryl methyl sites for hydroxylation is 1. The van der Waals surface area contributed by atoms with Gasteiger partial charge >= 0.3 is 6.03 Å². The van der Waals surface area contributed by atoms with Crippen molar-refractivity contribution < 1.29 is 9.18 Å². The lowest BCUT2D eigenvalue weighted by Gasteiger charge is -2.25. The van der Waals surface area contributed by atoms with Gasteiger partial charge in [0.25, 0.3) is 0 Å². The van der Waals surface area contributed by atoms with Crippen LogP contribution < -0.4 is 5.32 Å². The fourth-order valence-corrected chi connectivity index (χ4v) is 3.09. The molecule has 0 aliphatic carbocycles. The Hall–Kier alpha value is -2.07. The smallest absolute Gasteiger partial charge is 0.317 e. The molecule has 0 bridgehead atoms. The van der Waals surface area contributed by atoms with Gasteiger partial charge in [-0.2, -0.15) is 0 Å². The number of likely N-dealkylation sites (tertiary alicyclic amines) is 1. The Kier molecular flexibility index (Phi) is 4.53. The molecule has 23 heavy (non-hydrogen) atoms. The van der Waals surface area contributed by atoms with Crippen molar-refractivity contribution in [2.24, 2.45) is 0 Å². The molecule has 1 saturated heterocycles. The molecule has 3 nitrogen and oxygen atoms in total. The van der Waals surface area contributed by atoms with E-state index in [1.807, 2.05) is 19.1 Å². The van der Waals surface area contributed by atoms with Gasteiger partial charge in [-0.25, -0.2) is 9.18 Å². The van der Waals surface area contributed by atoms with Crippen molar-refractivity contribution in [2.75, 3.05) is 11.9 Å². The van der Waals surface area contributed by atoms with Gasteiger partial charge in [0.1, 0.15) is 5.82 Å². The van der Waals surface area contributed by atoms with Crippen molar-refractivity contribution >= 4 is 23.3 Å². The Morgan fingerprint density at radius 3 is 2.70 bits per heavy atom. The highest BCUT2D eigenvalue weighted by Gasteiger charge is 2.30. The summed E-state index contributed by atoms with van der Waals surface area (Å²) in [5.74, 6) is -0.267. The molecular formula is C18H18ClFN2O. The van der Waals surface area contributed by atoms with E-state index in [0.717, 1.165) is 24.0 Å². The summed E-state index contributed by atoms with van der Waals surface area (Å²) in [7, 11) is 0. The number of rotatable bonds is 2. The van der Waals surface area contributed by atoms with E-state index in [4.69, 9.17) is 11.6 Å². The predicted molar refractivity (Wildman–Crippen MR) is 90.3 cm³/mol. The fourth-order valence-electron chi connectivity index (χ4n) is 2.91. The zero-order valence-electron chi connectivity index (χ0n) is 12.9. The molecule has 0 saturated carbocycles. The number of hydrogen-bond donors (Lipinski definition) is 1. The third-order valence-electron chi connectivity index (χ3n) is 4.19. The van der Waals surface area contributed by atoms with Crippen LogP contribution in [-0.4, -0.2) is 17.5 Å². The van der Waals surface area contributed by atoms with Gasteiger partial charge in [0.05, 0.1) is 6.04 Å². The van der Waals surface area contributed by atoms with Gasteiger partial charge in [0.2, 0.25) is 0 Å². The van der Waals surface area contributed by atoms with Gasteiger partial charge in [0.15, 0.2) is 0 Å². The van der Waals surface area contributed by atoms with E-state index in [0.29, 0.717) is 17.3 Å². The molecule has 1 atom stereocenters. The number of carbonyl (C=O) groups is 1. The van der Waals surface area contributed by atoms with E-state index in [1.54, 1.807) is 23.1 Å². The third kappa shape index (κ3) is 3.48. The quantitative estimate of drug-likeness (QED) is 0.809. The second-order valence-electron chi connectivity index (χ2n) is 5.80. The van der Waals surface area contributed by atoms with Gasteiger partial charge in [-0.15, -0.1) is 0 Å². The van der Waals surface area contributed by atoms with Crippen molar-refractivity contribution in [3.05, 3.63) is 64.4 Å². The Morgan fingerprint density at radius 2 is 2.00 bits per heavy atom. The van der Waals surface area contributed by atoms with Crippen LogP contribution in [-0.2, 0) is 0 Å². The van der Waals surface area contributed by atoms with Crippen molar-refractivity contribution in [3.63, 3.8) is 0 Å². The third-order valence-corrected chi connectivity index (χ3v) is 4.60. The minimum Gasteiger partial charge on any atom is -0.317 e. The Morgan fingerprint density at radius 1 is 1.26 bits per heavy atom. The molecule has 0 aromatic heterocycles. The van der Waals surface area contributed by atoms with Crippen LogP contribution in [0.15, 0.2) is 42.5 Å². The van der Waals surface area contributed by atoms with E-state index in [-0.39, 0.29) is 17.9 Å². The zero-order valence-corrected chi connectivity index (χ0v) is 13.6. The van der Waals surface area contributed by atoms with Crippen molar-refractivity contribution in [1.29, 1.82) is 0 Å². The average Bonchev–Trinajstić information content (AvgIpc) is 3.01. The van der Waals surface area contributed by atoms with Gasteiger partial charge in [-0.1, -0.05) is 29.8 Å². The molecule has 3 rings (SSSR count). The molecule has 0 radical (unpaired) electrons. The summed E-state index contributed by atoms with van der Waals surface area (Å²) >= 11 is 6.10. The maximum Gasteiger partial charge on any atom is 0.322 e. The average molecular weight is 333 g/mol. The number of benzene rings is 2. The Labute approximate surface area is 140 Å². The molecule has 1 N–H and O–H groups in total. The molecule has 2 aromatic rings. The summed E-state index contributed by atoms with van der Waals surface area (Å²) in [5, 5.41) is 3.52. The van der Waals surface area contributed by atoms with Crippen LogP contribution in [0.3, 0.4) is 0 Å². The SMILES string of the molecule is Cc1ccc(NC(=O)N2CCCC2c2ccc(F)cc2)cc1Cl.